The number of carbonyl (C=O) groups is 1. The zero-order valence-electron chi connectivity index (χ0n) is 8.35. The minimum absolute atomic E-state index is 0.190. The fourth-order valence-corrected chi connectivity index (χ4v) is 2.12. The Morgan fingerprint density at radius 2 is 1.85 bits per heavy atom. The van der Waals surface area contributed by atoms with Crippen molar-refractivity contribution in [3.05, 3.63) is 34.4 Å². The molecule has 0 spiro atoms. The van der Waals surface area contributed by atoms with E-state index in [0.29, 0.717) is 5.78 Å². The van der Waals surface area contributed by atoms with Crippen molar-refractivity contribution >= 4 is 5.78 Å². The number of hydrogen-bond donors (Lipinski definition) is 0. The SMILES string of the molecule is Cc1ccc(C)c2c1C[C@H](C)C2=O. The van der Waals surface area contributed by atoms with Gasteiger partial charge in [-0.15, -0.1) is 0 Å². The molecule has 1 aliphatic rings. The number of ketones is 1. The molecule has 1 heteroatoms. The second-order valence-corrected chi connectivity index (χ2v) is 4.02. The Kier molecular flexibility index (Phi) is 1.76. The van der Waals surface area contributed by atoms with Gasteiger partial charge in [0.2, 0.25) is 0 Å². The first-order valence-electron chi connectivity index (χ1n) is 4.74. The predicted molar refractivity (Wildman–Crippen MR) is 53.1 cm³/mol. The molecular formula is C12H14O. The summed E-state index contributed by atoms with van der Waals surface area (Å²) < 4.78 is 0. The molecule has 2 rings (SSSR count). The summed E-state index contributed by atoms with van der Waals surface area (Å²) in [5.74, 6) is 0.519. The Labute approximate surface area is 78.8 Å². The molecule has 0 fully saturated rings. The van der Waals surface area contributed by atoms with Crippen LogP contribution >= 0.6 is 0 Å². The van der Waals surface area contributed by atoms with Crippen LogP contribution in [0.5, 0.6) is 0 Å². The van der Waals surface area contributed by atoms with Gasteiger partial charge in [-0.25, -0.2) is 0 Å². The molecule has 13 heavy (non-hydrogen) atoms. The predicted octanol–water partition coefficient (Wildman–Crippen LogP) is 2.68. The molecule has 1 aromatic rings. The molecule has 1 nitrogen and oxygen atoms in total. The Morgan fingerprint density at radius 3 is 2.46 bits per heavy atom. The van der Waals surface area contributed by atoms with Gasteiger partial charge in [0.1, 0.15) is 0 Å². The van der Waals surface area contributed by atoms with Crippen LogP contribution in [0, 0.1) is 19.8 Å². The maximum atomic E-state index is 11.8. The van der Waals surface area contributed by atoms with E-state index in [2.05, 4.69) is 13.0 Å². The molecule has 0 saturated heterocycles. The summed E-state index contributed by atoms with van der Waals surface area (Å²) in [4.78, 5) is 11.8. The Hall–Kier alpha value is -1.11. The van der Waals surface area contributed by atoms with E-state index in [-0.39, 0.29) is 5.92 Å². The Morgan fingerprint density at radius 1 is 1.23 bits per heavy atom. The van der Waals surface area contributed by atoms with E-state index in [1.165, 1.54) is 11.1 Å². The van der Waals surface area contributed by atoms with Crippen molar-refractivity contribution in [2.24, 2.45) is 5.92 Å². The highest BCUT2D eigenvalue weighted by atomic mass is 16.1. The second-order valence-electron chi connectivity index (χ2n) is 4.02. The number of hydrogen-bond acceptors (Lipinski definition) is 1. The molecule has 0 amide bonds. The van der Waals surface area contributed by atoms with Crippen LogP contribution in [0.25, 0.3) is 0 Å². The van der Waals surface area contributed by atoms with Crippen molar-refractivity contribution in [1.29, 1.82) is 0 Å². The summed E-state index contributed by atoms with van der Waals surface area (Å²) in [6.45, 7) is 6.12. The summed E-state index contributed by atoms with van der Waals surface area (Å²) in [6, 6.07) is 4.16. The van der Waals surface area contributed by atoms with Crippen LogP contribution in [-0.4, -0.2) is 5.78 Å². The van der Waals surface area contributed by atoms with Crippen molar-refractivity contribution in [1.82, 2.24) is 0 Å². The van der Waals surface area contributed by atoms with E-state index in [0.717, 1.165) is 17.5 Å². The van der Waals surface area contributed by atoms with Crippen molar-refractivity contribution in [3.8, 4) is 0 Å². The second kappa shape index (κ2) is 2.69. The topological polar surface area (TPSA) is 17.1 Å². The first kappa shape index (κ1) is 8.49. The van der Waals surface area contributed by atoms with Crippen LogP contribution in [0.2, 0.25) is 0 Å². The molecule has 0 N–H and O–H groups in total. The maximum Gasteiger partial charge on any atom is 0.166 e. The lowest BCUT2D eigenvalue weighted by Gasteiger charge is -2.04. The van der Waals surface area contributed by atoms with Crippen LogP contribution in [-0.2, 0) is 6.42 Å². The van der Waals surface area contributed by atoms with Crippen LogP contribution in [0.15, 0.2) is 12.1 Å². The van der Waals surface area contributed by atoms with Gasteiger partial charge in [-0.05, 0) is 37.0 Å². The van der Waals surface area contributed by atoms with Gasteiger partial charge in [-0.2, -0.15) is 0 Å². The van der Waals surface area contributed by atoms with Crippen molar-refractivity contribution < 1.29 is 4.79 Å². The van der Waals surface area contributed by atoms with E-state index in [4.69, 9.17) is 0 Å². The largest absolute Gasteiger partial charge is 0.294 e. The highest BCUT2D eigenvalue weighted by molar-refractivity contribution is 6.03. The molecule has 0 aromatic heterocycles. The molecule has 0 saturated carbocycles. The molecule has 0 heterocycles. The van der Waals surface area contributed by atoms with E-state index in [9.17, 15) is 4.79 Å². The number of Topliss-reactive ketones (excluding diaryl/α,β-unsaturated/α-hetero) is 1. The molecule has 1 atom stereocenters. The summed E-state index contributed by atoms with van der Waals surface area (Å²) in [5, 5.41) is 0. The van der Waals surface area contributed by atoms with Crippen molar-refractivity contribution in [2.75, 3.05) is 0 Å². The van der Waals surface area contributed by atoms with Gasteiger partial charge in [0.15, 0.2) is 5.78 Å². The van der Waals surface area contributed by atoms with Gasteiger partial charge in [0, 0.05) is 11.5 Å². The molecule has 68 valence electrons. The standard InChI is InChI=1S/C12H14O/c1-7-4-5-8(2)11-10(7)6-9(3)12(11)13/h4-5,9H,6H2,1-3H3/t9-/m0/s1. The molecule has 0 radical (unpaired) electrons. The zero-order valence-corrected chi connectivity index (χ0v) is 8.35. The van der Waals surface area contributed by atoms with Gasteiger partial charge in [0.05, 0.1) is 0 Å². The highest BCUT2D eigenvalue weighted by Crippen LogP contribution is 2.31. The van der Waals surface area contributed by atoms with Gasteiger partial charge in [-0.3, -0.25) is 4.79 Å². The van der Waals surface area contributed by atoms with Gasteiger partial charge in [0.25, 0.3) is 0 Å². The summed E-state index contributed by atoms with van der Waals surface area (Å²) in [7, 11) is 0. The summed E-state index contributed by atoms with van der Waals surface area (Å²) in [5.41, 5.74) is 4.67. The van der Waals surface area contributed by atoms with E-state index < -0.39 is 0 Å². The number of rotatable bonds is 0. The van der Waals surface area contributed by atoms with Gasteiger partial charge < -0.3 is 0 Å². The van der Waals surface area contributed by atoms with Crippen LogP contribution < -0.4 is 0 Å². The monoisotopic (exact) mass is 174 g/mol. The fourth-order valence-electron chi connectivity index (χ4n) is 2.12. The maximum absolute atomic E-state index is 11.8. The Balaban J connectivity index is 2.68. The zero-order chi connectivity index (χ0) is 9.59. The Bertz CT molecular complexity index is 377. The minimum atomic E-state index is 0.190. The molecule has 1 aliphatic carbocycles. The number of carbonyl (C=O) groups excluding carboxylic acids is 1. The molecule has 0 aliphatic heterocycles. The van der Waals surface area contributed by atoms with Crippen LogP contribution in [0.1, 0.15) is 34.0 Å². The van der Waals surface area contributed by atoms with E-state index >= 15 is 0 Å². The molecule has 0 bridgehead atoms. The van der Waals surface area contributed by atoms with Gasteiger partial charge >= 0.3 is 0 Å². The quantitative estimate of drug-likeness (QED) is 0.591. The average molecular weight is 174 g/mol. The van der Waals surface area contributed by atoms with Crippen LogP contribution in [0.3, 0.4) is 0 Å². The van der Waals surface area contributed by atoms with E-state index in [1.54, 1.807) is 0 Å². The average Bonchev–Trinajstić information content (AvgIpc) is 2.38. The molecular weight excluding hydrogens is 160 g/mol. The fraction of sp³-hybridized carbons (Fsp3) is 0.417. The lowest BCUT2D eigenvalue weighted by atomic mass is 10.00. The first-order chi connectivity index (χ1) is 6.11. The van der Waals surface area contributed by atoms with Crippen LogP contribution in [0.4, 0.5) is 0 Å². The third-order valence-corrected chi connectivity index (χ3v) is 2.96. The third kappa shape index (κ3) is 1.11. The number of benzene rings is 1. The van der Waals surface area contributed by atoms with Crippen molar-refractivity contribution in [2.45, 2.75) is 27.2 Å². The van der Waals surface area contributed by atoms with Crippen molar-refractivity contribution in [3.63, 3.8) is 0 Å². The number of fused-ring (bicyclic) bond motifs is 1. The summed E-state index contributed by atoms with van der Waals surface area (Å²) in [6.07, 6.45) is 0.932. The smallest absolute Gasteiger partial charge is 0.166 e. The third-order valence-electron chi connectivity index (χ3n) is 2.96. The first-order valence-corrected chi connectivity index (χ1v) is 4.74. The highest BCUT2D eigenvalue weighted by Gasteiger charge is 2.29. The minimum Gasteiger partial charge on any atom is -0.294 e. The lowest BCUT2D eigenvalue weighted by Crippen LogP contribution is -2.04. The molecule has 1 aromatic carbocycles. The summed E-state index contributed by atoms with van der Waals surface area (Å²) >= 11 is 0. The normalized spacial score (nSPS) is 20.5. The van der Waals surface area contributed by atoms with E-state index in [1.807, 2.05) is 19.9 Å². The lowest BCUT2D eigenvalue weighted by molar-refractivity contribution is 0.0946. The number of aryl methyl sites for hydroxylation is 2. The molecule has 0 unspecified atom stereocenters. The van der Waals surface area contributed by atoms with Gasteiger partial charge in [-0.1, -0.05) is 19.1 Å².